The summed E-state index contributed by atoms with van der Waals surface area (Å²) in [5, 5.41) is 9.91. The van der Waals surface area contributed by atoms with E-state index in [1.807, 2.05) is 16.9 Å². The SMILES string of the molecule is CCC(C)n1ccc(NCc2cccs2)n1.Cl. The topological polar surface area (TPSA) is 29.9 Å². The minimum atomic E-state index is 0. The summed E-state index contributed by atoms with van der Waals surface area (Å²) < 4.78 is 2.01. The van der Waals surface area contributed by atoms with Crippen molar-refractivity contribution in [3.8, 4) is 0 Å². The molecule has 1 unspecified atom stereocenters. The Morgan fingerprint density at radius 3 is 2.94 bits per heavy atom. The number of hydrogen-bond donors (Lipinski definition) is 1. The molecule has 0 aliphatic carbocycles. The molecule has 0 aromatic carbocycles. The van der Waals surface area contributed by atoms with Crippen molar-refractivity contribution >= 4 is 29.6 Å². The summed E-state index contributed by atoms with van der Waals surface area (Å²) in [6, 6.07) is 6.69. The summed E-state index contributed by atoms with van der Waals surface area (Å²) in [6.07, 6.45) is 3.14. The van der Waals surface area contributed by atoms with Crippen molar-refractivity contribution in [3.05, 3.63) is 34.7 Å². The highest BCUT2D eigenvalue weighted by atomic mass is 35.5. The maximum absolute atomic E-state index is 4.49. The summed E-state index contributed by atoms with van der Waals surface area (Å²) in [7, 11) is 0. The van der Waals surface area contributed by atoms with Gasteiger partial charge in [-0.25, -0.2) is 0 Å². The predicted octanol–water partition coefficient (Wildman–Crippen LogP) is 3.95. The highest BCUT2D eigenvalue weighted by Crippen LogP contribution is 2.14. The van der Waals surface area contributed by atoms with Crippen LogP contribution >= 0.6 is 23.7 Å². The molecule has 1 N–H and O–H groups in total. The van der Waals surface area contributed by atoms with Gasteiger partial charge in [0.2, 0.25) is 0 Å². The maximum atomic E-state index is 4.49. The first kappa shape index (κ1) is 14.1. The molecule has 2 heterocycles. The van der Waals surface area contributed by atoms with Crippen molar-refractivity contribution in [1.82, 2.24) is 9.78 Å². The molecule has 2 rings (SSSR count). The molecule has 0 saturated heterocycles. The van der Waals surface area contributed by atoms with Gasteiger partial charge in [-0.15, -0.1) is 23.7 Å². The van der Waals surface area contributed by atoms with E-state index in [9.17, 15) is 0 Å². The van der Waals surface area contributed by atoms with E-state index < -0.39 is 0 Å². The van der Waals surface area contributed by atoms with Gasteiger partial charge in [0.05, 0.1) is 6.54 Å². The Labute approximate surface area is 112 Å². The lowest BCUT2D eigenvalue weighted by atomic mass is 10.3. The molecule has 1 atom stereocenters. The lowest BCUT2D eigenvalue weighted by molar-refractivity contribution is 0.479. The molecule has 0 spiro atoms. The van der Waals surface area contributed by atoms with Crippen LogP contribution in [0, 0.1) is 0 Å². The number of aromatic nitrogens is 2. The van der Waals surface area contributed by atoms with E-state index in [1.165, 1.54) is 4.88 Å². The molecule has 94 valence electrons. The lowest BCUT2D eigenvalue weighted by Crippen LogP contribution is -2.05. The average molecular weight is 272 g/mol. The van der Waals surface area contributed by atoms with Crippen molar-refractivity contribution in [2.45, 2.75) is 32.9 Å². The molecule has 0 amide bonds. The maximum Gasteiger partial charge on any atom is 0.148 e. The Kier molecular flexibility index (Phi) is 5.51. The zero-order chi connectivity index (χ0) is 11.4. The molecule has 0 bridgehead atoms. The van der Waals surface area contributed by atoms with Crippen LogP contribution in [0.25, 0.3) is 0 Å². The molecule has 2 aromatic heterocycles. The van der Waals surface area contributed by atoms with Crippen molar-refractivity contribution in [2.75, 3.05) is 5.32 Å². The number of nitrogens with zero attached hydrogens (tertiary/aromatic N) is 2. The van der Waals surface area contributed by atoms with E-state index in [1.54, 1.807) is 11.3 Å². The van der Waals surface area contributed by atoms with E-state index >= 15 is 0 Å². The number of nitrogens with one attached hydrogen (secondary N) is 1. The Hall–Kier alpha value is -1.00. The van der Waals surface area contributed by atoms with Gasteiger partial charge in [-0.05, 0) is 24.8 Å². The second kappa shape index (κ2) is 6.67. The van der Waals surface area contributed by atoms with E-state index in [0.29, 0.717) is 6.04 Å². The summed E-state index contributed by atoms with van der Waals surface area (Å²) in [6.45, 7) is 5.20. The van der Waals surface area contributed by atoms with Gasteiger partial charge < -0.3 is 5.32 Å². The van der Waals surface area contributed by atoms with Gasteiger partial charge >= 0.3 is 0 Å². The Bertz CT molecular complexity index is 425. The fourth-order valence-electron chi connectivity index (χ4n) is 1.46. The van der Waals surface area contributed by atoms with Gasteiger partial charge in [0.1, 0.15) is 5.82 Å². The third-order valence-electron chi connectivity index (χ3n) is 2.67. The van der Waals surface area contributed by atoms with Gasteiger partial charge in [0, 0.05) is 23.2 Å². The molecule has 0 radical (unpaired) electrons. The van der Waals surface area contributed by atoms with E-state index in [0.717, 1.165) is 18.8 Å². The molecule has 2 aromatic rings. The standard InChI is InChI=1S/C12H17N3S.ClH/c1-3-10(2)15-7-6-12(14-15)13-9-11-5-4-8-16-11;/h4-8,10H,3,9H2,1-2H3,(H,13,14);1H. The molecule has 0 aliphatic heterocycles. The van der Waals surface area contributed by atoms with Crippen molar-refractivity contribution in [2.24, 2.45) is 0 Å². The van der Waals surface area contributed by atoms with Crippen LogP contribution in [0.2, 0.25) is 0 Å². The highest BCUT2D eigenvalue weighted by molar-refractivity contribution is 7.09. The molecule has 5 heteroatoms. The molecule has 0 saturated carbocycles. The minimum absolute atomic E-state index is 0. The zero-order valence-corrected chi connectivity index (χ0v) is 11.7. The number of thiophene rings is 1. The molecule has 0 fully saturated rings. The third-order valence-corrected chi connectivity index (χ3v) is 3.55. The third kappa shape index (κ3) is 3.75. The van der Waals surface area contributed by atoms with Crippen LogP contribution in [0.1, 0.15) is 31.2 Å². The summed E-state index contributed by atoms with van der Waals surface area (Å²) >= 11 is 1.76. The Morgan fingerprint density at radius 1 is 1.47 bits per heavy atom. The molecule has 17 heavy (non-hydrogen) atoms. The zero-order valence-electron chi connectivity index (χ0n) is 10.1. The van der Waals surface area contributed by atoms with Crippen molar-refractivity contribution in [1.29, 1.82) is 0 Å². The van der Waals surface area contributed by atoms with Gasteiger partial charge in [-0.3, -0.25) is 4.68 Å². The number of anilines is 1. The molecule has 0 aliphatic rings. The first-order valence-electron chi connectivity index (χ1n) is 5.61. The van der Waals surface area contributed by atoms with Gasteiger partial charge in [0.15, 0.2) is 0 Å². The summed E-state index contributed by atoms with van der Waals surface area (Å²) in [5.41, 5.74) is 0. The number of hydrogen-bond acceptors (Lipinski definition) is 3. The van der Waals surface area contributed by atoms with Crippen LogP contribution in [0.5, 0.6) is 0 Å². The van der Waals surface area contributed by atoms with Crippen LogP contribution < -0.4 is 5.32 Å². The number of rotatable bonds is 5. The number of halogens is 1. The highest BCUT2D eigenvalue weighted by Gasteiger charge is 2.04. The predicted molar refractivity (Wildman–Crippen MR) is 76.1 cm³/mol. The van der Waals surface area contributed by atoms with Crippen LogP contribution in [-0.4, -0.2) is 9.78 Å². The summed E-state index contributed by atoms with van der Waals surface area (Å²) in [5.74, 6) is 0.953. The second-order valence-electron chi connectivity index (χ2n) is 3.87. The average Bonchev–Trinajstić information content (AvgIpc) is 2.96. The van der Waals surface area contributed by atoms with Crippen molar-refractivity contribution in [3.63, 3.8) is 0 Å². The first-order chi connectivity index (χ1) is 7.79. The Balaban J connectivity index is 0.00000144. The van der Waals surface area contributed by atoms with E-state index in [4.69, 9.17) is 0 Å². The molecular formula is C12H18ClN3S. The molecule has 3 nitrogen and oxygen atoms in total. The van der Waals surface area contributed by atoms with E-state index in [2.05, 4.69) is 41.8 Å². The normalized spacial score (nSPS) is 11.9. The smallest absolute Gasteiger partial charge is 0.148 e. The lowest BCUT2D eigenvalue weighted by Gasteiger charge is -2.08. The van der Waals surface area contributed by atoms with Crippen LogP contribution in [-0.2, 0) is 6.54 Å². The van der Waals surface area contributed by atoms with Crippen LogP contribution in [0.4, 0.5) is 5.82 Å². The largest absolute Gasteiger partial charge is 0.364 e. The molecular weight excluding hydrogens is 254 g/mol. The van der Waals surface area contributed by atoms with Crippen LogP contribution in [0.3, 0.4) is 0 Å². The summed E-state index contributed by atoms with van der Waals surface area (Å²) in [4.78, 5) is 1.33. The Morgan fingerprint density at radius 2 is 2.29 bits per heavy atom. The monoisotopic (exact) mass is 271 g/mol. The minimum Gasteiger partial charge on any atom is -0.364 e. The first-order valence-corrected chi connectivity index (χ1v) is 6.49. The van der Waals surface area contributed by atoms with E-state index in [-0.39, 0.29) is 12.4 Å². The van der Waals surface area contributed by atoms with Gasteiger partial charge in [0.25, 0.3) is 0 Å². The van der Waals surface area contributed by atoms with Crippen LogP contribution in [0.15, 0.2) is 29.8 Å². The van der Waals surface area contributed by atoms with Gasteiger partial charge in [-0.2, -0.15) is 5.10 Å². The second-order valence-corrected chi connectivity index (χ2v) is 4.90. The fraction of sp³-hybridized carbons (Fsp3) is 0.417. The van der Waals surface area contributed by atoms with Crippen molar-refractivity contribution < 1.29 is 0 Å². The fourth-order valence-corrected chi connectivity index (χ4v) is 2.10. The van der Waals surface area contributed by atoms with Gasteiger partial charge in [-0.1, -0.05) is 13.0 Å². The quantitative estimate of drug-likeness (QED) is 0.892.